The van der Waals surface area contributed by atoms with Gasteiger partial charge in [-0.2, -0.15) is 5.26 Å². The minimum atomic E-state index is -0.436. The van der Waals surface area contributed by atoms with Crippen LogP contribution in [0.4, 0.5) is 11.4 Å². The molecule has 0 aliphatic carbocycles. The lowest BCUT2D eigenvalue weighted by atomic mass is 10.1. The molecular weight excluding hydrogens is 322 g/mol. The van der Waals surface area contributed by atoms with Crippen LogP contribution in [0.1, 0.15) is 11.1 Å². The van der Waals surface area contributed by atoms with Gasteiger partial charge in [-0.3, -0.25) is 4.79 Å². The molecule has 0 fully saturated rings. The first kappa shape index (κ1) is 17.2. The van der Waals surface area contributed by atoms with E-state index < -0.39 is 5.91 Å². The van der Waals surface area contributed by atoms with Crippen molar-refractivity contribution in [2.75, 3.05) is 10.6 Å². The van der Waals surface area contributed by atoms with Crippen molar-refractivity contribution in [3.63, 3.8) is 0 Å². The molecule has 0 spiro atoms. The van der Waals surface area contributed by atoms with Gasteiger partial charge < -0.3 is 10.6 Å². The third kappa shape index (κ3) is 3.57. The molecule has 3 aromatic rings. The van der Waals surface area contributed by atoms with Gasteiger partial charge in [-0.05, 0) is 42.5 Å². The maximum Gasteiger partial charge on any atom is 0.267 e. The van der Waals surface area contributed by atoms with Gasteiger partial charge >= 0.3 is 0 Å². The van der Waals surface area contributed by atoms with Gasteiger partial charge in [0, 0.05) is 23.0 Å². The van der Waals surface area contributed by atoms with Crippen molar-refractivity contribution in [3.05, 3.63) is 83.6 Å². The maximum atomic E-state index is 12.5. The number of aryl methyl sites for hydroxylation is 1. The molecule has 0 heterocycles. The highest BCUT2D eigenvalue weighted by molar-refractivity contribution is 6.07. The number of nitrogens with one attached hydrogen (secondary N) is 2. The van der Waals surface area contributed by atoms with E-state index in [1.807, 2.05) is 80.6 Å². The highest BCUT2D eigenvalue weighted by Gasteiger charge is 2.11. The Bertz CT molecular complexity index is 1040. The fourth-order valence-corrected chi connectivity index (χ4v) is 2.73. The first-order valence-electron chi connectivity index (χ1n) is 8.32. The molecule has 2 N–H and O–H groups in total. The number of hydrogen-bond donors (Lipinski definition) is 2. The molecule has 3 aromatic carbocycles. The number of fused-ring (bicyclic) bond motifs is 1. The third-order valence-corrected chi connectivity index (χ3v) is 4.38. The summed E-state index contributed by atoms with van der Waals surface area (Å²) in [7, 11) is 0. The zero-order valence-corrected chi connectivity index (χ0v) is 14.7. The summed E-state index contributed by atoms with van der Waals surface area (Å²) in [5.74, 6) is -0.436. The number of nitrogens with zero attached hydrogens (tertiary/aromatic N) is 1. The van der Waals surface area contributed by atoms with Crippen LogP contribution in [-0.4, -0.2) is 5.91 Å². The number of hydrogen-bond acceptors (Lipinski definition) is 3. The Balaban J connectivity index is 1.83. The first-order chi connectivity index (χ1) is 12.6. The van der Waals surface area contributed by atoms with E-state index in [4.69, 9.17) is 0 Å². The molecule has 0 bridgehead atoms. The second-order valence-electron chi connectivity index (χ2n) is 6.04. The van der Waals surface area contributed by atoms with Crippen molar-refractivity contribution in [2.45, 2.75) is 13.8 Å². The lowest BCUT2D eigenvalue weighted by Crippen LogP contribution is -2.15. The fourth-order valence-electron chi connectivity index (χ4n) is 2.73. The molecule has 1 amide bonds. The molecular formula is C22H19N3O. The Morgan fingerprint density at radius 2 is 1.65 bits per heavy atom. The van der Waals surface area contributed by atoms with Gasteiger partial charge in [0.1, 0.15) is 11.6 Å². The zero-order valence-electron chi connectivity index (χ0n) is 14.7. The lowest BCUT2D eigenvalue weighted by molar-refractivity contribution is -0.112. The summed E-state index contributed by atoms with van der Waals surface area (Å²) in [5.41, 5.74) is 3.63. The van der Waals surface area contributed by atoms with Crippen molar-refractivity contribution in [1.29, 1.82) is 5.26 Å². The van der Waals surface area contributed by atoms with E-state index >= 15 is 0 Å². The average Bonchev–Trinajstić information content (AvgIpc) is 2.66. The summed E-state index contributed by atoms with van der Waals surface area (Å²) in [4.78, 5) is 12.5. The largest absolute Gasteiger partial charge is 0.360 e. The van der Waals surface area contributed by atoms with Gasteiger partial charge in [0.2, 0.25) is 0 Å². The van der Waals surface area contributed by atoms with Crippen molar-refractivity contribution < 1.29 is 4.79 Å². The Morgan fingerprint density at radius 1 is 0.962 bits per heavy atom. The van der Waals surface area contributed by atoms with Crippen LogP contribution in [-0.2, 0) is 4.79 Å². The molecule has 3 rings (SSSR count). The van der Waals surface area contributed by atoms with Crippen molar-refractivity contribution in [1.82, 2.24) is 0 Å². The molecule has 4 heteroatoms. The molecule has 26 heavy (non-hydrogen) atoms. The van der Waals surface area contributed by atoms with E-state index in [2.05, 4.69) is 10.6 Å². The Labute approximate surface area is 152 Å². The van der Waals surface area contributed by atoms with Crippen molar-refractivity contribution in [3.8, 4) is 6.07 Å². The predicted octanol–water partition coefficient (Wildman–Crippen LogP) is 4.91. The molecule has 4 nitrogen and oxygen atoms in total. The van der Waals surface area contributed by atoms with E-state index in [9.17, 15) is 10.1 Å². The molecule has 0 unspecified atom stereocenters. The third-order valence-electron chi connectivity index (χ3n) is 4.38. The predicted molar refractivity (Wildman–Crippen MR) is 106 cm³/mol. The Kier molecular flexibility index (Phi) is 5.00. The lowest BCUT2D eigenvalue weighted by Gasteiger charge is -2.10. The van der Waals surface area contributed by atoms with E-state index in [1.165, 1.54) is 6.20 Å². The van der Waals surface area contributed by atoms with Gasteiger partial charge in [0.25, 0.3) is 5.91 Å². The monoisotopic (exact) mass is 341 g/mol. The number of carbonyl (C=O) groups is 1. The molecule has 0 radical (unpaired) electrons. The molecule has 0 saturated carbocycles. The van der Waals surface area contributed by atoms with E-state index in [0.717, 1.165) is 27.6 Å². The van der Waals surface area contributed by atoms with Crippen LogP contribution in [0.5, 0.6) is 0 Å². The summed E-state index contributed by atoms with van der Waals surface area (Å²) < 4.78 is 0. The summed E-state index contributed by atoms with van der Waals surface area (Å²) in [5, 5.41) is 17.4. The highest BCUT2D eigenvalue weighted by atomic mass is 16.1. The van der Waals surface area contributed by atoms with E-state index in [-0.39, 0.29) is 5.57 Å². The standard InChI is InChI=1S/C22H19N3O/c1-15-7-5-11-20(16(15)2)25-22(26)18(13-23)14-24-21-12-6-9-17-8-3-4-10-19(17)21/h3-12,14,24H,1-2H3,(H,25,26)/b18-14-. The molecule has 0 aliphatic rings. The highest BCUT2D eigenvalue weighted by Crippen LogP contribution is 2.23. The van der Waals surface area contributed by atoms with Crippen LogP contribution in [0.25, 0.3) is 10.8 Å². The molecule has 0 saturated heterocycles. The summed E-state index contributed by atoms with van der Waals surface area (Å²) in [6, 6.07) is 21.4. The van der Waals surface area contributed by atoms with Gasteiger partial charge in [-0.25, -0.2) is 0 Å². The van der Waals surface area contributed by atoms with E-state index in [1.54, 1.807) is 0 Å². The number of nitriles is 1. The summed E-state index contributed by atoms with van der Waals surface area (Å²) in [6.07, 6.45) is 1.45. The van der Waals surface area contributed by atoms with Gasteiger partial charge in [0.05, 0.1) is 0 Å². The van der Waals surface area contributed by atoms with Crippen LogP contribution in [0.15, 0.2) is 72.4 Å². The molecule has 0 aliphatic heterocycles. The normalized spacial score (nSPS) is 11.0. The number of anilines is 2. The fraction of sp³-hybridized carbons (Fsp3) is 0.0909. The zero-order chi connectivity index (χ0) is 18.5. The minimum absolute atomic E-state index is 0.0128. The second-order valence-corrected chi connectivity index (χ2v) is 6.04. The average molecular weight is 341 g/mol. The van der Waals surface area contributed by atoms with Crippen molar-refractivity contribution >= 4 is 28.1 Å². The summed E-state index contributed by atoms with van der Waals surface area (Å²) >= 11 is 0. The summed E-state index contributed by atoms with van der Waals surface area (Å²) in [6.45, 7) is 3.92. The molecule has 0 aromatic heterocycles. The number of rotatable bonds is 4. The topological polar surface area (TPSA) is 64.9 Å². The van der Waals surface area contributed by atoms with Gasteiger partial charge in [-0.1, -0.05) is 48.5 Å². The quantitative estimate of drug-likeness (QED) is 0.523. The maximum absolute atomic E-state index is 12.5. The van der Waals surface area contributed by atoms with Crippen LogP contribution in [0.3, 0.4) is 0 Å². The minimum Gasteiger partial charge on any atom is -0.360 e. The number of amides is 1. The van der Waals surface area contributed by atoms with E-state index in [0.29, 0.717) is 5.69 Å². The van der Waals surface area contributed by atoms with Crippen LogP contribution >= 0.6 is 0 Å². The van der Waals surface area contributed by atoms with Crippen LogP contribution in [0, 0.1) is 25.2 Å². The Morgan fingerprint density at radius 3 is 2.46 bits per heavy atom. The van der Waals surface area contributed by atoms with Gasteiger partial charge in [-0.15, -0.1) is 0 Å². The van der Waals surface area contributed by atoms with Gasteiger partial charge in [0.15, 0.2) is 0 Å². The second kappa shape index (κ2) is 7.54. The number of carbonyl (C=O) groups excluding carboxylic acids is 1. The Hall–Kier alpha value is -3.58. The van der Waals surface area contributed by atoms with Crippen LogP contribution < -0.4 is 10.6 Å². The number of benzene rings is 3. The SMILES string of the molecule is Cc1cccc(NC(=O)/C(C#N)=C\Nc2cccc3ccccc23)c1C. The smallest absolute Gasteiger partial charge is 0.267 e. The van der Waals surface area contributed by atoms with Crippen LogP contribution in [0.2, 0.25) is 0 Å². The molecule has 0 atom stereocenters. The van der Waals surface area contributed by atoms with Crippen molar-refractivity contribution in [2.24, 2.45) is 0 Å². The molecule has 128 valence electrons. The first-order valence-corrected chi connectivity index (χ1v) is 8.32.